The standard InChI is InChI=1S/C17H24ClN3O3/c1-13(2)19-17(23)21-9-3-8-20(10-11-21)16(22)12-24-15-6-4-14(18)5-7-15/h4-7,13H,3,8-12H2,1-2H3,(H,19,23). The van der Waals surface area contributed by atoms with Crippen LogP contribution in [-0.2, 0) is 4.79 Å². The van der Waals surface area contributed by atoms with Crippen LogP contribution in [0.5, 0.6) is 5.75 Å². The number of ether oxygens (including phenoxy) is 1. The first-order valence-corrected chi connectivity index (χ1v) is 8.55. The van der Waals surface area contributed by atoms with Gasteiger partial charge in [-0.2, -0.15) is 0 Å². The van der Waals surface area contributed by atoms with Gasteiger partial charge in [-0.15, -0.1) is 0 Å². The Labute approximate surface area is 147 Å². The molecule has 24 heavy (non-hydrogen) atoms. The van der Waals surface area contributed by atoms with Gasteiger partial charge in [-0.1, -0.05) is 11.6 Å². The SMILES string of the molecule is CC(C)NC(=O)N1CCCN(C(=O)COc2ccc(Cl)cc2)CC1. The zero-order valence-corrected chi connectivity index (χ0v) is 14.9. The van der Waals surface area contributed by atoms with Gasteiger partial charge in [-0.05, 0) is 44.5 Å². The number of hydrogen-bond acceptors (Lipinski definition) is 3. The summed E-state index contributed by atoms with van der Waals surface area (Å²) in [4.78, 5) is 27.9. The lowest BCUT2D eigenvalue weighted by molar-refractivity contribution is -0.133. The average Bonchev–Trinajstić information content (AvgIpc) is 2.79. The van der Waals surface area contributed by atoms with Crippen molar-refractivity contribution < 1.29 is 14.3 Å². The van der Waals surface area contributed by atoms with Crippen molar-refractivity contribution >= 4 is 23.5 Å². The quantitative estimate of drug-likeness (QED) is 0.904. The van der Waals surface area contributed by atoms with Crippen molar-refractivity contribution in [2.75, 3.05) is 32.8 Å². The second kappa shape index (κ2) is 8.78. The van der Waals surface area contributed by atoms with Crippen LogP contribution in [0.25, 0.3) is 0 Å². The second-order valence-electron chi connectivity index (χ2n) is 6.07. The highest BCUT2D eigenvalue weighted by Gasteiger charge is 2.22. The summed E-state index contributed by atoms with van der Waals surface area (Å²) in [5.41, 5.74) is 0. The first-order chi connectivity index (χ1) is 11.5. The smallest absolute Gasteiger partial charge is 0.317 e. The normalized spacial score (nSPS) is 15.2. The number of carbonyl (C=O) groups is 2. The number of hydrogen-bond donors (Lipinski definition) is 1. The van der Waals surface area contributed by atoms with Crippen molar-refractivity contribution in [2.45, 2.75) is 26.3 Å². The molecule has 0 spiro atoms. The minimum atomic E-state index is -0.0731. The fourth-order valence-electron chi connectivity index (χ4n) is 2.48. The summed E-state index contributed by atoms with van der Waals surface area (Å²) >= 11 is 5.82. The summed E-state index contributed by atoms with van der Waals surface area (Å²) in [6, 6.07) is 6.94. The topological polar surface area (TPSA) is 61.9 Å². The molecule has 1 fully saturated rings. The van der Waals surface area contributed by atoms with E-state index in [1.54, 1.807) is 34.1 Å². The highest BCUT2D eigenvalue weighted by atomic mass is 35.5. The fourth-order valence-corrected chi connectivity index (χ4v) is 2.60. The summed E-state index contributed by atoms with van der Waals surface area (Å²) in [6.45, 7) is 6.19. The molecule has 0 aromatic heterocycles. The number of nitrogens with zero attached hydrogens (tertiary/aromatic N) is 2. The van der Waals surface area contributed by atoms with E-state index in [9.17, 15) is 9.59 Å². The maximum atomic E-state index is 12.3. The summed E-state index contributed by atoms with van der Waals surface area (Å²) in [6.07, 6.45) is 0.762. The molecular formula is C17H24ClN3O3. The molecule has 1 N–H and O–H groups in total. The average molecular weight is 354 g/mol. The Bertz CT molecular complexity index is 563. The number of nitrogens with one attached hydrogen (secondary N) is 1. The number of benzene rings is 1. The molecule has 7 heteroatoms. The molecule has 1 aliphatic heterocycles. The van der Waals surface area contributed by atoms with E-state index in [1.165, 1.54) is 0 Å². The lowest BCUT2D eigenvalue weighted by Crippen LogP contribution is -2.45. The Morgan fingerprint density at radius 3 is 2.42 bits per heavy atom. The summed E-state index contributed by atoms with van der Waals surface area (Å²) in [7, 11) is 0. The highest BCUT2D eigenvalue weighted by Crippen LogP contribution is 2.15. The van der Waals surface area contributed by atoms with E-state index in [4.69, 9.17) is 16.3 Å². The predicted molar refractivity (Wildman–Crippen MR) is 93.4 cm³/mol. The number of carbonyl (C=O) groups excluding carboxylic acids is 2. The Kier molecular flexibility index (Phi) is 6.73. The lowest BCUT2D eigenvalue weighted by atomic mass is 10.3. The first kappa shape index (κ1) is 18.4. The van der Waals surface area contributed by atoms with Crippen LogP contribution in [0.1, 0.15) is 20.3 Å². The molecule has 0 atom stereocenters. The van der Waals surface area contributed by atoms with Crippen LogP contribution in [0.3, 0.4) is 0 Å². The Morgan fingerprint density at radius 1 is 1.12 bits per heavy atom. The molecular weight excluding hydrogens is 330 g/mol. The molecule has 3 amide bonds. The molecule has 0 aliphatic carbocycles. The molecule has 1 saturated heterocycles. The van der Waals surface area contributed by atoms with Gasteiger partial charge in [0.05, 0.1) is 0 Å². The van der Waals surface area contributed by atoms with Gasteiger partial charge < -0.3 is 19.9 Å². The van der Waals surface area contributed by atoms with Crippen molar-refractivity contribution in [3.63, 3.8) is 0 Å². The van der Waals surface area contributed by atoms with E-state index >= 15 is 0 Å². The monoisotopic (exact) mass is 353 g/mol. The van der Waals surface area contributed by atoms with Crippen LogP contribution in [0.2, 0.25) is 5.02 Å². The Balaban J connectivity index is 1.81. The maximum absolute atomic E-state index is 12.3. The second-order valence-corrected chi connectivity index (χ2v) is 6.50. The zero-order chi connectivity index (χ0) is 17.5. The molecule has 0 bridgehead atoms. The molecule has 6 nitrogen and oxygen atoms in total. The third kappa shape index (κ3) is 5.60. The van der Waals surface area contributed by atoms with Crippen LogP contribution in [-0.4, -0.2) is 60.6 Å². The first-order valence-electron chi connectivity index (χ1n) is 8.17. The van der Waals surface area contributed by atoms with Crippen molar-refractivity contribution in [2.24, 2.45) is 0 Å². The lowest BCUT2D eigenvalue weighted by Gasteiger charge is -2.23. The van der Waals surface area contributed by atoms with Crippen LogP contribution in [0, 0.1) is 0 Å². The van der Waals surface area contributed by atoms with E-state index in [2.05, 4.69) is 5.32 Å². The van der Waals surface area contributed by atoms with Gasteiger partial charge in [0.1, 0.15) is 5.75 Å². The van der Waals surface area contributed by atoms with Crippen LogP contribution < -0.4 is 10.1 Å². The minimum Gasteiger partial charge on any atom is -0.484 e. The molecule has 0 unspecified atom stereocenters. The number of amides is 3. The highest BCUT2D eigenvalue weighted by molar-refractivity contribution is 6.30. The van der Waals surface area contributed by atoms with Gasteiger partial charge in [-0.25, -0.2) is 4.79 Å². The van der Waals surface area contributed by atoms with E-state index in [0.29, 0.717) is 37.0 Å². The largest absolute Gasteiger partial charge is 0.484 e. The molecule has 1 heterocycles. The minimum absolute atomic E-state index is 0.0141. The van der Waals surface area contributed by atoms with Crippen molar-refractivity contribution in [3.8, 4) is 5.75 Å². The van der Waals surface area contributed by atoms with Crippen molar-refractivity contribution in [1.82, 2.24) is 15.1 Å². The molecule has 2 rings (SSSR count). The van der Waals surface area contributed by atoms with Crippen LogP contribution in [0.15, 0.2) is 24.3 Å². The fraction of sp³-hybridized carbons (Fsp3) is 0.529. The number of rotatable bonds is 4. The molecule has 1 aliphatic rings. The third-order valence-electron chi connectivity index (χ3n) is 3.72. The summed E-state index contributed by atoms with van der Waals surface area (Å²) < 4.78 is 5.50. The van der Waals surface area contributed by atoms with Gasteiger partial charge >= 0.3 is 6.03 Å². The van der Waals surface area contributed by atoms with Crippen molar-refractivity contribution in [1.29, 1.82) is 0 Å². The molecule has 132 valence electrons. The van der Waals surface area contributed by atoms with Gasteiger partial charge in [0.2, 0.25) is 0 Å². The van der Waals surface area contributed by atoms with Crippen molar-refractivity contribution in [3.05, 3.63) is 29.3 Å². The van der Waals surface area contributed by atoms with Gasteiger partial charge in [0.25, 0.3) is 5.91 Å². The van der Waals surface area contributed by atoms with Gasteiger partial charge in [-0.3, -0.25) is 4.79 Å². The van der Waals surface area contributed by atoms with E-state index in [-0.39, 0.29) is 24.6 Å². The number of urea groups is 1. The molecule has 0 radical (unpaired) electrons. The Hall–Kier alpha value is -1.95. The molecule has 1 aromatic carbocycles. The van der Waals surface area contributed by atoms with Gasteiger partial charge in [0, 0.05) is 37.2 Å². The van der Waals surface area contributed by atoms with Crippen LogP contribution >= 0.6 is 11.6 Å². The maximum Gasteiger partial charge on any atom is 0.317 e. The Morgan fingerprint density at radius 2 is 1.75 bits per heavy atom. The van der Waals surface area contributed by atoms with E-state index < -0.39 is 0 Å². The summed E-state index contributed by atoms with van der Waals surface area (Å²) in [5.74, 6) is 0.538. The molecule has 1 aromatic rings. The van der Waals surface area contributed by atoms with Crippen LogP contribution in [0.4, 0.5) is 4.79 Å². The van der Waals surface area contributed by atoms with E-state index in [1.807, 2.05) is 13.8 Å². The third-order valence-corrected chi connectivity index (χ3v) is 3.98. The number of halogens is 1. The zero-order valence-electron chi connectivity index (χ0n) is 14.1. The summed E-state index contributed by atoms with van der Waals surface area (Å²) in [5, 5.41) is 3.51. The predicted octanol–water partition coefficient (Wildman–Crippen LogP) is 2.37. The molecule has 0 saturated carbocycles. The van der Waals surface area contributed by atoms with E-state index in [0.717, 1.165) is 6.42 Å². The van der Waals surface area contributed by atoms with Gasteiger partial charge in [0.15, 0.2) is 6.61 Å².